The number of carbonyl (C=O) groups is 1. The molecule has 9 heteroatoms. The van der Waals surface area contributed by atoms with Gasteiger partial charge in [0, 0.05) is 61.8 Å². The van der Waals surface area contributed by atoms with Gasteiger partial charge in [0.1, 0.15) is 5.82 Å². The second-order valence-electron chi connectivity index (χ2n) is 8.56. The lowest BCUT2D eigenvalue weighted by Crippen LogP contribution is -2.36. The largest absolute Gasteiger partial charge is 0.378 e. The molecule has 2 saturated heterocycles. The number of ether oxygens (including phenoxy) is 2. The van der Waals surface area contributed by atoms with E-state index in [0.29, 0.717) is 19.2 Å². The summed E-state index contributed by atoms with van der Waals surface area (Å²) in [5.41, 5.74) is 4.61. The Bertz CT molecular complexity index is 1140. The number of nitrogens with zero attached hydrogens (tertiary/aromatic N) is 4. The van der Waals surface area contributed by atoms with Crippen LogP contribution in [0.2, 0.25) is 0 Å². The first-order chi connectivity index (χ1) is 17.1. The molecule has 2 N–H and O–H groups in total. The number of benzene rings is 2. The zero-order chi connectivity index (χ0) is 24.0. The van der Waals surface area contributed by atoms with E-state index >= 15 is 0 Å². The van der Waals surface area contributed by atoms with E-state index in [0.717, 1.165) is 67.8 Å². The molecular weight excluding hydrogens is 444 g/mol. The second-order valence-corrected chi connectivity index (χ2v) is 8.56. The van der Waals surface area contributed by atoms with Crippen molar-refractivity contribution in [2.45, 2.75) is 6.92 Å². The summed E-state index contributed by atoms with van der Waals surface area (Å²) in [5, 5.41) is 6.18. The fraction of sp³-hybridized carbons (Fsp3) is 0.346. The quantitative estimate of drug-likeness (QED) is 0.561. The molecule has 2 aromatic carbocycles. The molecule has 0 aliphatic carbocycles. The molecule has 1 amide bonds. The molecule has 0 spiro atoms. The minimum Gasteiger partial charge on any atom is -0.378 e. The monoisotopic (exact) mass is 474 g/mol. The number of hydrogen-bond donors (Lipinski definition) is 2. The van der Waals surface area contributed by atoms with Crippen molar-refractivity contribution in [3.8, 4) is 11.3 Å². The Kier molecular flexibility index (Phi) is 7.06. The molecule has 0 radical (unpaired) electrons. The van der Waals surface area contributed by atoms with Gasteiger partial charge in [0.15, 0.2) is 0 Å². The Morgan fingerprint density at radius 2 is 1.40 bits per heavy atom. The van der Waals surface area contributed by atoms with Crippen molar-refractivity contribution in [1.82, 2.24) is 9.97 Å². The number of aromatic nitrogens is 2. The molecule has 0 bridgehead atoms. The van der Waals surface area contributed by atoms with Crippen molar-refractivity contribution < 1.29 is 14.3 Å². The summed E-state index contributed by atoms with van der Waals surface area (Å²) in [5.74, 6) is 1.30. The van der Waals surface area contributed by atoms with Crippen molar-refractivity contribution in [3.05, 3.63) is 54.6 Å². The highest BCUT2D eigenvalue weighted by molar-refractivity contribution is 5.89. The van der Waals surface area contributed by atoms with Crippen LogP contribution in [0.4, 0.5) is 28.8 Å². The Hall–Kier alpha value is -3.69. The number of hydrogen-bond acceptors (Lipinski definition) is 8. The maximum Gasteiger partial charge on any atom is 0.229 e. The van der Waals surface area contributed by atoms with Crippen molar-refractivity contribution in [2.24, 2.45) is 0 Å². The van der Waals surface area contributed by atoms with Crippen LogP contribution in [-0.2, 0) is 14.3 Å². The molecule has 182 valence electrons. The van der Waals surface area contributed by atoms with Gasteiger partial charge in [-0.15, -0.1) is 0 Å². The average molecular weight is 475 g/mol. The predicted octanol–water partition coefficient (Wildman–Crippen LogP) is 3.52. The third-order valence-corrected chi connectivity index (χ3v) is 6.05. The maximum atomic E-state index is 11.4. The zero-order valence-corrected chi connectivity index (χ0v) is 19.9. The highest BCUT2D eigenvalue weighted by atomic mass is 16.5. The van der Waals surface area contributed by atoms with Crippen LogP contribution in [0.5, 0.6) is 0 Å². The van der Waals surface area contributed by atoms with Crippen LogP contribution < -0.4 is 20.4 Å². The standard InChI is InChI=1S/C26H30N6O3/c1-19(33)27-21-4-2-20(3-5-21)24-18-25(32-12-16-35-17-13-32)30-26(29-24)28-22-6-8-23(9-7-22)31-10-14-34-15-11-31/h2-9,18H,10-17H2,1H3,(H,27,33)(H,28,29,30). The molecule has 3 aromatic rings. The highest BCUT2D eigenvalue weighted by Gasteiger charge is 2.16. The summed E-state index contributed by atoms with van der Waals surface area (Å²) in [6.07, 6.45) is 0. The van der Waals surface area contributed by atoms with Gasteiger partial charge in [-0.25, -0.2) is 4.98 Å². The van der Waals surface area contributed by atoms with Crippen molar-refractivity contribution in [3.63, 3.8) is 0 Å². The molecule has 2 aliphatic heterocycles. The van der Waals surface area contributed by atoms with Crippen LogP contribution in [0.15, 0.2) is 54.6 Å². The third-order valence-electron chi connectivity index (χ3n) is 6.05. The van der Waals surface area contributed by atoms with Crippen LogP contribution in [0.3, 0.4) is 0 Å². The average Bonchev–Trinajstić information content (AvgIpc) is 2.90. The zero-order valence-electron chi connectivity index (χ0n) is 19.9. The second kappa shape index (κ2) is 10.7. The first-order valence-corrected chi connectivity index (χ1v) is 11.9. The van der Waals surface area contributed by atoms with E-state index in [2.05, 4.69) is 44.7 Å². The summed E-state index contributed by atoms with van der Waals surface area (Å²) < 4.78 is 11.0. The number of anilines is 5. The van der Waals surface area contributed by atoms with E-state index in [1.54, 1.807) is 0 Å². The fourth-order valence-electron chi connectivity index (χ4n) is 4.23. The van der Waals surface area contributed by atoms with Gasteiger partial charge in [-0.1, -0.05) is 12.1 Å². The lowest BCUT2D eigenvalue weighted by Gasteiger charge is -2.29. The highest BCUT2D eigenvalue weighted by Crippen LogP contribution is 2.27. The fourth-order valence-corrected chi connectivity index (χ4v) is 4.23. The molecule has 0 saturated carbocycles. The van der Waals surface area contributed by atoms with Crippen LogP contribution in [0.25, 0.3) is 11.3 Å². The lowest BCUT2D eigenvalue weighted by atomic mass is 10.1. The van der Waals surface area contributed by atoms with Crippen LogP contribution in [0, 0.1) is 0 Å². The molecule has 35 heavy (non-hydrogen) atoms. The minimum atomic E-state index is -0.0967. The number of rotatable bonds is 6. The molecule has 3 heterocycles. The summed E-state index contributed by atoms with van der Waals surface area (Å²) in [7, 11) is 0. The molecule has 2 aliphatic rings. The number of amides is 1. The molecule has 0 atom stereocenters. The van der Waals surface area contributed by atoms with Crippen LogP contribution in [0.1, 0.15) is 6.92 Å². The number of carbonyl (C=O) groups excluding carboxylic acids is 1. The minimum absolute atomic E-state index is 0.0967. The van der Waals surface area contributed by atoms with E-state index in [9.17, 15) is 4.79 Å². The maximum absolute atomic E-state index is 11.4. The van der Waals surface area contributed by atoms with E-state index in [1.807, 2.05) is 30.3 Å². The normalized spacial score (nSPS) is 16.1. The Balaban J connectivity index is 1.40. The van der Waals surface area contributed by atoms with Gasteiger partial charge in [0.2, 0.25) is 11.9 Å². The van der Waals surface area contributed by atoms with Gasteiger partial charge in [-0.2, -0.15) is 4.98 Å². The van der Waals surface area contributed by atoms with E-state index in [1.165, 1.54) is 12.6 Å². The van der Waals surface area contributed by atoms with Crippen LogP contribution in [-0.4, -0.2) is 68.5 Å². The third kappa shape index (κ3) is 5.87. The van der Waals surface area contributed by atoms with Gasteiger partial charge in [0.25, 0.3) is 0 Å². The van der Waals surface area contributed by atoms with Gasteiger partial charge in [-0.05, 0) is 36.4 Å². The van der Waals surface area contributed by atoms with Gasteiger partial charge >= 0.3 is 0 Å². The molecular formula is C26H30N6O3. The van der Waals surface area contributed by atoms with Crippen LogP contribution >= 0.6 is 0 Å². The van der Waals surface area contributed by atoms with Crippen molar-refractivity contribution >= 4 is 34.7 Å². The molecule has 0 unspecified atom stereocenters. The van der Waals surface area contributed by atoms with Crippen molar-refractivity contribution in [1.29, 1.82) is 0 Å². The summed E-state index contributed by atoms with van der Waals surface area (Å²) >= 11 is 0. The van der Waals surface area contributed by atoms with Gasteiger partial charge in [0.05, 0.1) is 32.1 Å². The Labute approximate surface area is 205 Å². The Morgan fingerprint density at radius 3 is 2.03 bits per heavy atom. The number of morpholine rings is 2. The topological polar surface area (TPSA) is 91.9 Å². The molecule has 9 nitrogen and oxygen atoms in total. The lowest BCUT2D eigenvalue weighted by molar-refractivity contribution is -0.114. The first kappa shape index (κ1) is 23.1. The van der Waals surface area contributed by atoms with E-state index in [-0.39, 0.29) is 5.91 Å². The summed E-state index contributed by atoms with van der Waals surface area (Å²) in [6, 6.07) is 18.0. The predicted molar refractivity (Wildman–Crippen MR) is 138 cm³/mol. The smallest absolute Gasteiger partial charge is 0.229 e. The van der Waals surface area contributed by atoms with Gasteiger partial charge < -0.3 is 29.9 Å². The SMILES string of the molecule is CC(=O)Nc1ccc(-c2cc(N3CCOCC3)nc(Nc3ccc(N4CCOCC4)cc3)n2)cc1. The first-order valence-electron chi connectivity index (χ1n) is 11.9. The summed E-state index contributed by atoms with van der Waals surface area (Å²) in [6.45, 7) is 7.75. The van der Waals surface area contributed by atoms with Crippen molar-refractivity contribution in [2.75, 3.05) is 73.0 Å². The van der Waals surface area contributed by atoms with Gasteiger partial charge in [-0.3, -0.25) is 4.79 Å². The molecule has 1 aromatic heterocycles. The molecule has 5 rings (SSSR count). The van der Waals surface area contributed by atoms with E-state index in [4.69, 9.17) is 19.4 Å². The number of nitrogens with one attached hydrogen (secondary N) is 2. The summed E-state index contributed by atoms with van der Waals surface area (Å²) in [4.78, 5) is 25.5. The van der Waals surface area contributed by atoms with E-state index < -0.39 is 0 Å². The molecule has 2 fully saturated rings. The Morgan fingerprint density at radius 1 is 0.800 bits per heavy atom.